The molecule has 0 saturated heterocycles. The van der Waals surface area contributed by atoms with Crippen LogP contribution in [-0.4, -0.2) is 37.8 Å². The number of benzene rings is 2. The Morgan fingerprint density at radius 3 is 2.50 bits per heavy atom. The first kappa shape index (κ1) is 14.9. The van der Waals surface area contributed by atoms with E-state index in [9.17, 15) is 5.11 Å². The summed E-state index contributed by atoms with van der Waals surface area (Å²) in [5.74, 6) is 1.62. The second-order valence-corrected chi connectivity index (χ2v) is 5.82. The molecule has 2 aromatic rings. The van der Waals surface area contributed by atoms with Gasteiger partial charge in [-0.25, -0.2) is 0 Å². The molecule has 4 nitrogen and oxygen atoms in total. The van der Waals surface area contributed by atoms with Gasteiger partial charge >= 0.3 is 0 Å². The van der Waals surface area contributed by atoms with Crippen molar-refractivity contribution >= 4 is 0 Å². The number of rotatable bonds is 3. The molecule has 2 unspecified atom stereocenters. The van der Waals surface area contributed by atoms with Crippen LogP contribution in [0.5, 0.6) is 11.5 Å². The Bertz CT molecular complexity index is 669. The maximum absolute atomic E-state index is 10.4. The number of fused-ring (bicyclic) bond motifs is 2. The quantitative estimate of drug-likeness (QED) is 0.946. The number of hydrogen-bond acceptors (Lipinski definition) is 4. The van der Waals surface area contributed by atoms with Gasteiger partial charge in [-0.1, -0.05) is 24.3 Å². The highest BCUT2D eigenvalue weighted by Gasteiger charge is 2.29. The highest BCUT2D eigenvalue weighted by atomic mass is 16.6. The predicted molar refractivity (Wildman–Crippen MR) is 85.4 cm³/mol. The van der Waals surface area contributed by atoms with Crippen LogP contribution in [0.15, 0.2) is 42.5 Å². The Labute approximate surface area is 130 Å². The molecular weight excluding hydrogens is 278 g/mol. The van der Waals surface area contributed by atoms with E-state index in [4.69, 9.17) is 9.47 Å². The van der Waals surface area contributed by atoms with Crippen molar-refractivity contribution < 1.29 is 14.6 Å². The summed E-state index contributed by atoms with van der Waals surface area (Å²) in [5, 5.41) is 10.4. The van der Waals surface area contributed by atoms with E-state index in [1.165, 1.54) is 0 Å². The Morgan fingerprint density at radius 2 is 1.82 bits per heavy atom. The molecule has 1 N–H and O–H groups in total. The number of nitrogens with zero attached hydrogens (tertiary/aromatic N) is 1. The lowest BCUT2D eigenvalue weighted by Crippen LogP contribution is -2.21. The highest BCUT2D eigenvalue weighted by molar-refractivity contribution is 5.50. The van der Waals surface area contributed by atoms with Crippen molar-refractivity contribution in [1.29, 1.82) is 0 Å². The minimum Gasteiger partial charge on any atom is -0.497 e. The van der Waals surface area contributed by atoms with Gasteiger partial charge < -0.3 is 19.5 Å². The van der Waals surface area contributed by atoms with Gasteiger partial charge in [-0.3, -0.25) is 0 Å². The molecule has 1 aliphatic rings. The van der Waals surface area contributed by atoms with Crippen LogP contribution >= 0.6 is 0 Å². The van der Waals surface area contributed by atoms with Crippen LogP contribution in [0.2, 0.25) is 0 Å². The minimum atomic E-state index is -0.949. The van der Waals surface area contributed by atoms with Crippen LogP contribution < -0.4 is 9.47 Å². The van der Waals surface area contributed by atoms with Gasteiger partial charge in [-0.15, -0.1) is 0 Å². The van der Waals surface area contributed by atoms with Crippen LogP contribution in [0.4, 0.5) is 0 Å². The van der Waals surface area contributed by atoms with Gasteiger partial charge in [0.15, 0.2) is 0 Å². The Morgan fingerprint density at radius 1 is 1.09 bits per heavy atom. The molecule has 2 aromatic carbocycles. The number of aliphatic hydroxyl groups is 1. The van der Waals surface area contributed by atoms with Crippen molar-refractivity contribution in [1.82, 2.24) is 4.90 Å². The largest absolute Gasteiger partial charge is 0.497 e. The molecule has 2 atom stereocenters. The van der Waals surface area contributed by atoms with Crippen LogP contribution in [0.25, 0.3) is 0 Å². The summed E-state index contributed by atoms with van der Waals surface area (Å²) in [4.78, 5) is 2.14. The fraction of sp³-hybridized carbons (Fsp3) is 0.333. The van der Waals surface area contributed by atoms with Crippen LogP contribution in [-0.2, 0) is 0 Å². The summed E-state index contributed by atoms with van der Waals surface area (Å²) in [6, 6.07) is 13.6. The number of likely N-dealkylation sites (N-methyl/N-ethyl adjacent to an activating group) is 1. The summed E-state index contributed by atoms with van der Waals surface area (Å²) in [6.07, 6.45) is -0.949. The van der Waals surface area contributed by atoms with E-state index in [0.29, 0.717) is 5.75 Å². The zero-order chi connectivity index (χ0) is 15.7. The molecule has 22 heavy (non-hydrogen) atoms. The van der Waals surface area contributed by atoms with Crippen molar-refractivity contribution in [3.8, 4) is 11.5 Å². The number of hydrogen-bond donors (Lipinski definition) is 1. The van der Waals surface area contributed by atoms with Gasteiger partial charge in [0.1, 0.15) is 11.5 Å². The standard InChI is InChI=1S/C18H21NO3/c1-19(2)11-16-13-6-4-5-7-14(13)18(20)22-17-9-8-12(21-3)10-15(16)17/h4-10,16,18,20H,11H2,1-3H3. The van der Waals surface area contributed by atoms with Gasteiger partial charge in [0, 0.05) is 23.6 Å². The molecule has 0 fully saturated rings. The smallest absolute Gasteiger partial charge is 0.224 e. The van der Waals surface area contributed by atoms with Crippen molar-refractivity contribution in [2.24, 2.45) is 0 Å². The van der Waals surface area contributed by atoms with Crippen LogP contribution in [0.3, 0.4) is 0 Å². The molecule has 0 aromatic heterocycles. The summed E-state index contributed by atoms with van der Waals surface area (Å²) >= 11 is 0. The zero-order valence-electron chi connectivity index (χ0n) is 13.1. The first-order chi connectivity index (χ1) is 10.6. The summed E-state index contributed by atoms with van der Waals surface area (Å²) in [7, 11) is 5.75. The number of aliphatic hydroxyl groups excluding tert-OH is 1. The molecule has 0 spiro atoms. The molecule has 0 amide bonds. The SMILES string of the molecule is COc1ccc2c(c1)C(CN(C)C)c1ccccc1C(O)O2. The molecule has 3 rings (SSSR count). The molecule has 0 saturated carbocycles. The lowest BCUT2D eigenvalue weighted by molar-refractivity contribution is -0.0189. The third-order valence-electron chi connectivity index (χ3n) is 4.02. The fourth-order valence-electron chi connectivity index (χ4n) is 3.00. The van der Waals surface area contributed by atoms with Gasteiger partial charge in [0.2, 0.25) is 6.29 Å². The van der Waals surface area contributed by atoms with Gasteiger partial charge in [-0.2, -0.15) is 0 Å². The monoisotopic (exact) mass is 299 g/mol. The fourth-order valence-corrected chi connectivity index (χ4v) is 3.00. The topological polar surface area (TPSA) is 41.9 Å². The van der Waals surface area contributed by atoms with E-state index in [1.807, 2.05) is 50.5 Å². The molecule has 1 heterocycles. The van der Waals surface area contributed by atoms with Crippen LogP contribution in [0, 0.1) is 0 Å². The van der Waals surface area contributed by atoms with E-state index in [2.05, 4.69) is 11.0 Å². The first-order valence-corrected chi connectivity index (χ1v) is 7.36. The molecule has 4 heteroatoms. The highest BCUT2D eigenvalue weighted by Crippen LogP contribution is 2.42. The maximum atomic E-state index is 10.4. The van der Waals surface area contributed by atoms with E-state index in [-0.39, 0.29) is 5.92 Å². The van der Waals surface area contributed by atoms with Gasteiger partial charge in [0.25, 0.3) is 0 Å². The second kappa shape index (κ2) is 5.99. The molecular formula is C18H21NO3. The summed E-state index contributed by atoms with van der Waals surface area (Å²) in [6.45, 7) is 0.827. The summed E-state index contributed by atoms with van der Waals surface area (Å²) < 4.78 is 11.1. The number of ether oxygens (including phenoxy) is 2. The molecule has 1 aliphatic heterocycles. The lowest BCUT2D eigenvalue weighted by atomic mass is 9.87. The number of methoxy groups -OCH3 is 1. The van der Waals surface area contributed by atoms with Crippen molar-refractivity contribution in [2.45, 2.75) is 12.2 Å². The Hall–Kier alpha value is -2.04. The van der Waals surface area contributed by atoms with Crippen molar-refractivity contribution in [3.63, 3.8) is 0 Å². The van der Waals surface area contributed by atoms with E-state index in [1.54, 1.807) is 7.11 Å². The maximum Gasteiger partial charge on any atom is 0.224 e. The average molecular weight is 299 g/mol. The summed E-state index contributed by atoms with van der Waals surface area (Å²) in [5.41, 5.74) is 2.96. The van der Waals surface area contributed by atoms with Crippen molar-refractivity contribution in [3.05, 3.63) is 59.2 Å². The Balaban J connectivity index is 2.19. The second-order valence-electron chi connectivity index (χ2n) is 5.82. The van der Waals surface area contributed by atoms with Crippen LogP contribution in [0.1, 0.15) is 28.9 Å². The predicted octanol–water partition coefficient (Wildman–Crippen LogP) is 2.77. The third kappa shape index (κ3) is 2.67. The minimum absolute atomic E-state index is 0.119. The molecule has 0 bridgehead atoms. The molecule has 0 radical (unpaired) electrons. The Kier molecular flexibility index (Phi) is 4.05. The van der Waals surface area contributed by atoms with E-state index in [0.717, 1.165) is 29.0 Å². The van der Waals surface area contributed by atoms with Crippen molar-refractivity contribution in [2.75, 3.05) is 27.7 Å². The average Bonchev–Trinajstić information content (AvgIpc) is 2.63. The van der Waals surface area contributed by atoms with Gasteiger partial charge in [0.05, 0.1) is 7.11 Å². The first-order valence-electron chi connectivity index (χ1n) is 7.36. The van der Waals surface area contributed by atoms with E-state index >= 15 is 0 Å². The van der Waals surface area contributed by atoms with E-state index < -0.39 is 6.29 Å². The normalized spacial score (nSPS) is 19.9. The third-order valence-corrected chi connectivity index (χ3v) is 4.02. The zero-order valence-corrected chi connectivity index (χ0v) is 13.1. The van der Waals surface area contributed by atoms with Gasteiger partial charge in [-0.05, 0) is 37.9 Å². The molecule has 116 valence electrons. The lowest BCUT2D eigenvalue weighted by Gasteiger charge is -2.23. The molecule has 0 aliphatic carbocycles.